The number of rotatable bonds is 5. The van der Waals surface area contributed by atoms with Crippen LogP contribution in [-0.2, 0) is 4.74 Å². The highest BCUT2D eigenvalue weighted by Crippen LogP contribution is 2.16. The van der Waals surface area contributed by atoms with Crippen LogP contribution in [0.1, 0.15) is 27.2 Å². The predicted molar refractivity (Wildman–Crippen MR) is 63.3 cm³/mol. The normalized spacial score (nSPS) is 29.6. The molecule has 3 unspecified atom stereocenters. The van der Waals surface area contributed by atoms with Gasteiger partial charge in [-0.3, -0.25) is 0 Å². The molecule has 1 rings (SSSR count). The molecule has 0 bridgehead atoms. The van der Waals surface area contributed by atoms with E-state index in [1.165, 1.54) is 0 Å². The van der Waals surface area contributed by atoms with Crippen LogP contribution in [-0.4, -0.2) is 59.7 Å². The first-order valence-electron chi connectivity index (χ1n) is 6.19. The average molecular weight is 231 g/mol. The predicted octanol–water partition coefficient (Wildman–Crippen LogP) is 0.475. The molecule has 0 spiro atoms. The van der Waals surface area contributed by atoms with Gasteiger partial charge in [0.15, 0.2) is 0 Å². The first-order valence-corrected chi connectivity index (χ1v) is 6.19. The highest BCUT2D eigenvalue weighted by Gasteiger charge is 2.25. The van der Waals surface area contributed by atoms with E-state index in [-0.39, 0.29) is 12.2 Å². The van der Waals surface area contributed by atoms with Crippen LogP contribution >= 0.6 is 0 Å². The minimum Gasteiger partial charge on any atom is -0.393 e. The standard InChI is InChI=1S/C12H25NO3/c1-9(2)16-8-11(14)7-13-5-4-12(15)10(3)6-13/h9-12,14-15H,4-8H2,1-3H3. The second-order valence-electron chi connectivity index (χ2n) is 5.13. The summed E-state index contributed by atoms with van der Waals surface area (Å²) < 4.78 is 5.37. The number of aliphatic hydroxyl groups excluding tert-OH is 2. The zero-order chi connectivity index (χ0) is 12.1. The molecule has 3 atom stereocenters. The van der Waals surface area contributed by atoms with E-state index in [0.29, 0.717) is 19.1 Å². The molecule has 0 aromatic heterocycles. The third-order valence-electron chi connectivity index (χ3n) is 3.04. The van der Waals surface area contributed by atoms with Crippen molar-refractivity contribution in [3.8, 4) is 0 Å². The minimum atomic E-state index is -0.426. The Morgan fingerprint density at radius 2 is 2.12 bits per heavy atom. The van der Waals surface area contributed by atoms with Crippen molar-refractivity contribution < 1.29 is 14.9 Å². The summed E-state index contributed by atoms with van der Waals surface area (Å²) in [5.41, 5.74) is 0. The number of aliphatic hydroxyl groups is 2. The molecule has 1 aliphatic rings. The zero-order valence-electron chi connectivity index (χ0n) is 10.6. The van der Waals surface area contributed by atoms with Gasteiger partial charge in [0.2, 0.25) is 0 Å². The lowest BCUT2D eigenvalue weighted by atomic mass is 9.96. The summed E-state index contributed by atoms with van der Waals surface area (Å²) in [6.07, 6.45) is 0.362. The van der Waals surface area contributed by atoms with Crippen molar-refractivity contribution in [3.05, 3.63) is 0 Å². The number of hydrogen-bond acceptors (Lipinski definition) is 4. The van der Waals surface area contributed by atoms with Gasteiger partial charge < -0.3 is 19.8 Å². The maximum Gasteiger partial charge on any atom is 0.0900 e. The van der Waals surface area contributed by atoms with E-state index in [1.54, 1.807) is 0 Å². The van der Waals surface area contributed by atoms with E-state index in [2.05, 4.69) is 4.90 Å². The van der Waals surface area contributed by atoms with Gasteiger partial charge in [0, 0.05) is 19.6 Å². The maximum atomic E-state index is 9.77. The van der Waals surface area contributed by atoms with Crippen LogP contribution in [0.4, 0.5) is 0 Å². The number of hydrogen-bond donors (Lipinski definition) is 2. The molecule has 0 aromatic carbocycles. The molecule has 0 radical (unpaired) electrons. The Hall–Kier alpha value is -0.160. The van der Waals surface area contributed by atoms with E-state index in [1.807, 2.05) is 20.8 Å². The lowest BCUT2D eigenvalue weighted by molar-refractivity contribution is -0.0263. The molecule has 0 aromatic rings. The molecule has 1 heterocycles. The number of ether oxygens (including phenoxy) is 1. The summed E-state index contributed by atoms with van der Waals surface area (Å²) in [5, 5.41) is 19.4. The average Bonchev–Trinajstić information content (AvgIpc) is 2.21. The molecule has 0 saturated carbocycles. The fourth-order valence-electron chi connectivity index (χ4n) is 2.04. The van der Waals surface area contributed by atoms with E-state index in [9.17, 15) is 10.2 Å². The molecule has 1 saturated heterocycles. The Morgan fingerprint density at radius 3 is 2.69 bits per heavy atom. The van der Waals surface area contributed by atoms with Gasteiger partial charge in [-0.25, -0.2) is 0 Å². The second-order valence-corrected chi connectivity index (χ2v) is 5.13. The van der Waals surface area contributed by atoms with Crippen LogP contribution in [0.15, 0.2) is 0 Å². The number of piperidine rings is 1. The van der Waals surface area contributed by atoms with Gasteiger partial charge in [0.05, 0.1) is 24.9 Å². The van der Waals surface area contributed by atoms with Gasteiger partial charge in [-0.1, -0.05) is 6.92 Å². The lowest BCUT2D eigenvalue weighted by Crippen LogP contribution is -2.45. The van der Waals surface area contributed by atoms with Crippen LogP contribution in [0.5, 0.6) is 0 Å². The Morgan fingerprint density at radius 1 is 1.44 bits per heavy atom. The number of likely N-dealkylation sites (tertiary alicyclic amines) is 1. The van der Waals surface area contributed by atoms with Crippen LogP contribution < -0.4 is 0 Å². The number of nitrogens with zero attached hydrogens (tertiary/aromatic N) is 1. The van der Waals surface area contributed by atoms with Crippen LogP contribution in [0.25, 0.3) is 0 Å². The monoisotopic (exact) mass is 231 g/mol. The van der Waals surface area contributed by atoms with Gasteiger partial charge >= 0.3 is 0 Å². The fourth-order valence-corrected chi connectivity index (χ4v) is 2.04. The summed E-state index contributed by atoms with van der Waals surface area (Å²) in [4.78, 5) is 2.20. The Balaban J connectivity index is 2.21. The Kier molecular flexibility index (Phi) is 5.69. The first-order chi connectivity index (χ1) is 7.49. The summed E-state index contributed by atoms with van der Waals surface area (Å²) in [5.74, 6) is 0.298. The molecule has 4 heteroatoms. The molecule has 96 valence electrons. The molecular formula is C12H25NO3. The van der Waals surface area contributed by atoms with Crippen molar-refractivity contribution in [1.29, 1.82) is 0 Å². The smallest absolute Gasteiger partial charge is 0.0900 e. The van der Waals surface area contributed by atoms with Gasteiger partial charge in [-0.15, -0.1) is 0 Å². The topological polar surface area (TPSA) is 52.9 Å². The Labute approximate surface area is 98.2 Å². The molecule has 1 fully saturated rings. The van der Waals surface area contributed by atoms with Gasteiger partial charge in [0.1, 0.15) is 0 Å². The highest BCUT2D eigenvalue weighted by molar-refractivity contribution is 4.78. The third-order valence-corrected chi connectivity index (χ3v) is 3.04. The van der Waals surface area contributed by atoms with Gasteiger partial charge in [-0.05, 0) is 26.2 Å². The van der Waals surface area contributed by atoms with Crippen molar-refractivity contribution in [3.63, 3.8) is 0 Å². The van der Waals surface area contributed by atoms with E-state index in [0.717, 1.165) is 19.5 Å². The molecular weight excluding hydrogens is 206 g/mol. The van der Waals surface area contributed by atoms with E-state index < -0.39 is 6.10 Å². The molecule has 4 nitrogen and oxygen atoms in total. The maximum absolute atomic E-state index is 9.77. The summed E-state index contributed by atoms with van der Waals surface area (Å²) >= 11 is 0. The van der Waals surface area contributed by atoms with Crippen molar-refractivity contribution in [2.45, 2.75) is 45.5 Å². The number of β-amino-alcohol motifs (C(OH)–C–C–N with tert-alkyl or cyclic N) is 1. The zero-order valence-corrected chi connectivity index (χ0v) is 10.6. The molecule has 1 aliphatic heterocycles. The quantitative estimate of drug-likeness (QED) is 0.722. The van der Waals surface area contributed by atoms with Gasteiger partial charge in [0.25, 0.3) is 0 Å². The van der Waals surface area contributed by atoms with Crippen LogP contribution in [0.3, 0.4) is 0 Å². The van der Waals surface area contributed by atoms with Crippen LogP contribution in [0, 0.1) is 5.92 Å². The Bertz CT molecular complexity index is 199. The van der Waals surface area contributed by atoms with Crippen LogP contribution in [0.2, 0.25) is 0 Å². The third kappa shape index (κ3) is 4.78. The fraction of sp³-hybridized carbons (Fsp3) is 1.00. The SMILES string of the molecule is CC(C)OCC(O)CN1CCC(O)C(C)C1. The minimum absolute atomic E-state index is 0.164. The summed E-state index contributed by atoms with van der Waals surface area (Å²) in [6.45, 7) is 8.74. The second kappa shape index (κ2) is 6.55. The van der Waals surface area contributed by atoms with Crippen molar-refractivity contribution in [1.82, 2.24) is 4.90 Å². The van der Waals surface area contributed by atoms with Crippen molar-refractivity contribution in [2.24, 2.45) is 5.92 Å². The van der Waals surface area contributed by atoms with Crippen molar-refractivity contribution >= 4 is 0 Å². The van der Waals surface area contributed by atoms with Crippen molar-refractivity contribution in [2.75, 3.05) is 26.2 Å². The van der Waals surface area contributed by atoms with E-state index in [4.69, 9.17) is 4.74 Å². The van der Waals surface area contributed by atoms with Gasteiger partial charge in [-0.2, -0.15) is 0 Å². The summed E-state index contributed by atoms with van der Waals surface area (Å²) in [6, 6.07) is 0. The molecule has 2 N–H and O–H groups in total. The molecule has 0 aliphatic carbocycles. The highest BCUT2D eigenvalue weighted by atomic mass is 16.5. The molecule has 16 heavy (non-hydrogen) atoms. The lowest BCUT2D eigenvalue weighted by Gasteiger charge is -2.35. The first kappa shape index (κ1) is 13.9. The van der Waals surface area contributed by atoms with E-state index >= 15 is 0 Å². The summed E-state index contributed by atoms with van der Waals surface area (Å²) in [7, 11) is 0. The molecule has 0 amide bonds. The largest absolute Gasteiger partial charge is 0.393 e.